The minimum Gasteiger partial charge on any atom is -0.462 e. The van der Waals surface area contributed by atoms with Gasteiger partial charge in [-0.25, -0.2) is 0 Å². The largest absolute Gasteiger partial charge is 0.462 e. The maximum absolute atomic E-state index is 12.9. The summed E-state index contributed by atoms with van der Waals surface area (Å²) in [5.41, 5.74) is 0. The summed E-state index contributed by atoms with van der Waals surface area (Å²) in [7, 11) is 0. The van der Waals surface area contributed by atoms with Crippen LogP contribution in [-0.4, -0.2) is 37.2 Å². The Balaban J connectivity index is 4.35. The lowest BCUT2D eigenvalue weighted by Gasteiger charge is -2.18. The first-order valence-corrected chi connectivity index (χ1v) is 29.6. The van der Waals surface area contributed by atoms with Gasteiger partial charge in [0.05, 0.1) is 0 Å². The van der Waals surface area contributed by atoms with Gasteiger partial charge in [0.1, 0.15) is 13.2 Å². The summed E-state index contributed by atoms with van der Waals surface area (Å²) in [6.07, 6.45) is 69.6. The molecule has 0 bridgehead atoms. The van der Waals surface area contributed by atoms with Crippen LogP contribution in [0.2, 0.25) is 0 Å². The van der Waals surface area contributed by atoms with Gasteiger partial charge in [0.15, 0.2) is 6.10 Å². The van der Waals surface area contributed by atoms with Crippen molar-refractivity contribution < 1.29 is 28.6 Å². The van der Waals surface area contributed by atoms with Gasteiger partial charge in [-0.05, 0) is 77.0 Å². The Kier molecular flexibility index (Phi) is 54.8. The highest BCUT2D eigenvalue weighted by molar-refractivity contribution is 5.71. The molecule has 0 aliphatic rings. The average molecular weight is 954 g/mol. The van der Waals surface area contributed by atoms with E-state index in [4.69, 9.17) is 14.2 Å². The normalized spacial score (nSPS) is 12.3. The molecule has 0 rings (SSSR count). The van der Waals surface area contributed by atoms with E-state index in [1.807, 2.05) is 0 Å². The molecule has 0 aromatic carbocycles. The molecular formula is C62H112O6. The van der Waals surface area contributed by atoms with Crippen molar-refractivity contribution in [1.29, 1.82) is 0 Å². The van der Waals surface area contributed by atoms with E-state index in [1.165, 1.54) is 180 Å². The minimum absolute atomic E-state index is 0.0789. The highest BCUT2D eigenvalue weighted by atomic mass is 16.6. The Bertz CT molecular complexity index is 1190. The zero-order valence-electron chi connectivity index (χ0n) is 45.4. The summed E-state index contributed by atoms with van der Waals surface area (Å²) < 4.78 is 16.9. The van der Waals surface area contributed by atoms with Crippen molar-refractivity contribution in [2.45, 2.75) is 316 Å². The van der Waals surface area contributed by atoms with Crippen LogP contribution in [0.5, 0.6) is 0 Å². The smallest absolute Gasteiger partial charge is 0.306 e. The Morgan fingerprint density at radius 1 is 0.309 bits per heavy atom. The summed E-state index contributed by atoms with van der Waals surface area (Å²) in [6, 6.07) is 0. The van der Waals surface area contributed by atoms with E-state index in [0.29, 0.717) is 19.3 Å². The molecule has 0 fully saturated rings. The fourth-order valence-corrected chi connectivity index (χ4v) is 8.63. The highest BCUT2D eigenvalue weighted by Crippen LogP contribution is 2.17. The van der Waals surface area contributed by atoms with E-state index in [1.54, 1.807) is 0 Å². The Hall–Kier alpha value is -2.63. The van der Waals surface area contributed by atoms with E-state index in [0.717, 1.165) is 89.9 Å². The third-order valence-electron chi connectivity index (χ3n) is 13.1. The number of hydrogen-bond donors (Lipinski definition) is 0. The maximum Gasteiger partial charge on any atom is 0.306 e. The Labute approximate surface area is 422 Å². The number of rotatable bonds is 54. The summed E-state index contributed by atoms with van der Waals surface area (Å²) in [5.74, 6) is -0.890. The standard InChI is InChI=1S/C62H112O6/c1-4-7-10-13-16-19-22-25-28-30-31-33-34-37-40-43-46-49-52-55-61(64)67-58-59(57-66-60(63)54-51-48-45-42-39-36-27-24-21-18-15-12-9-6-3)68-62(65)56-53-50-47-44-41-38-35-32-29-26-23-20-17-14-11-8-5-2/h9,12,18,21,26-27,29,36,59H,4-8,10-11,13-17,19-20,22-25,28,30-35,37-58H2,1-3H3/b12-9-,21-18-,29-26-,36-27-. The Morgan fingerprint density at radius 2 is 0.574 bits per heavy atom. The van der Waals surface area contributed by atoms with Gasteiger partial charge in [0.25, 0.3) is 0 Å². The van der Waals surface area contributed by atoms with Crippen molar-refractivity contribution >= 4 is 17.9 Å². The van der Waals surface area contributed by atoms with Crippen LogP contribution in [0.25, 0.3) is 0 Å². The van der Waals surface area contributed by atoms with Gasteiger partial charge in [-0.15, -0.1) is 0 Å². The van der Waals surface area contributed by atoms with Crippen LogP contribution in [0, 0.1) is 0 Å². The summed E-state index contributed by atoms with van der Waals surface area (Å²) in [6.45, 7) is 6.54. The molecule has 0 aromatic heterocycles. The predicted octanol–water partition coefficient (Wildman–Crippen LogP) is 19.8. The topological polar surface area (TPSA) is 78.9 Å². The van der Waals surface area contributed by atoms with E-state index in [2.05, 4.69) is 69.4 Å². The third kappa shape index (κ3) is 54.3. The molecule has 1 atom stereocenters. The second kappa shape index (κ2) is 57.0. The first kappa shape index (κ1) is 65.4. The van der Waals surface area contributed by atoms with Crippen molar-refractivity contribution in [2.75, 3.05) is 13.2 Å². The molecule has 0 heterocycles. The molecule has 6 heteroatoms. The number of carbonyl (C=O) groups excluding carboxylic acids is 3. The molecule has 0 saturated carbocycles. The number of ether oxygens (including phenoxy) is 3. The van der Waals surface area contributed by atoms with Crippen LogP contribution in [0.1, 0.15) is 310 Å². The van der Waals surface area contributed by atoms with Crippen LogP contribution < -0.4 is 0 Å². The number of esters is 3. The minimum atomic E-state index is -0.783. The van der Waals surface area contributed by atoms with Crippen LogP contribution in [-0.2, 0) is 28.6 Å². The quantitative estimate of drug-likeness (QED) is 0.0262. The van der Waals surface area contributed by atoms with Crippen LogP contribution in [0.4, 0.5) is 0 Å². The molecular weight excluding hydrogens is 841 g/mol. The van der Waals surface area contributed by atoms with Crippen LogP contribution >= 0.6 is 0 Å². The molecule has 0 aliphatic carbocycles. The van der Waals surface area contributed by atoms with Crippen molar-refractivity contribution in [2.24, 2.45) is 0 Å². The SMILES string of the molecule is CC/C=C\C/C=C\C/C=C\CCCCCCC(=O)OCC(COC(=O)CCCCCCCCCCCCCCCCCCCCC)OC(=O)CCCCCCCCC/C=C\CCCCCCCC. The average Bonchev–Trinajstić information content (AvgIpc) is 3.34. The van der Waals surface area contributed by atoms with Gasteiger partial charge in [-0.1, -0.05) is 262 Å². The van der Waals surface area contributed by atoms with Crippen LogP contribution in [0.15, 0.2) is 48.6 Å². The number of carbonyl (C=O) groups is 3. The van der Waals surface area contributed by atoms with Gasteiger partial charge >= 0.3 is 17.9 Å². The molecule has 0 aromatic rings. The molecule has 0 N–H and O–H groups in total. The van der Waals surface area contributed by atoms with Gasteiger partial charge in [-0.2, -0.15) is 0 Å². The van der Waals surface area contributed by atoms with Gasteiger partial charge in [-0.3, -0.25) is 14.4 Å². The molecule has 6 nitrogen and oxygen atoms in total. The van der Waals surface area contributed by atoms with Crippen molar-refractivity contribution in [3.05, 3.63) is 48.6 Å². The molecule has 0 amide bonds. The molecule has 396 valence electrons. The molecule has 68 heavy (non-hydrogen) atoms. The van der Waals surface area contributed by atoms with E-state index >= 15 is 0 Å². The van der Waals surface area contributed by atoms with Gasteiger partial charge in [0, 0.05) is 19.3 Å². The zero-order chi connectivity index (χ0) is 49.3. The fourth-order valence-electron chi connectivity index (χ4n) is 8.63. The molecule has 0 radical (unpaired) electrons. The maximum atomic E-state index is 12.9. The monoisotopic (exact) mass is 953 g/mol. The van der Waals surface area contributed by atoms with Crippen molar-refractivity contribution in [3.8, 4) is 0 Å². The Morgan fingerprint density at radius 3 is 0.912 bits per heavy atom. The van der Waals surface area contributed by atoms with Gasteiger partial charge in [0.2, 0.25) is 0 Å². The highest BCUT2D eigenvalue weighted by Gasteiger charge is 2.19. The zero-order valence-corrected chi connectivity index (χ0v) is 45.4. The van der Waals surface area contributed by atoms with Crippen molar-refractivity contribution in [3.63, 3.8) is 0 Å². The lowest BCUT2D eigenvalue weighted by Crippen LogP contribution is -2.30. The van der Waals surface area contributed by atoms with Crippen LogP contribution in [0.3, 0.4) is 0 Å². The molecule has 1 unspecified atom stereocenters. The predicted molar refractivity (Wildman–Crippen MR) is 293 cm³/mol. The lowest BCUT2D eigenvalue weighted by molar-refractivity contribution is -0.167. The lowest BCUT2D eigenvalue weighted by atomic mass is 10.0. The molecule has 0 saturated heterocycles. The summed E-state index contributed by atoms with van der Waals surface area (Å²) in [5, 5.41) is 0. The molecule has 0 aliphatic heterocycles. The molecule has 0 spiro atoms. The second-order valence-corrected chi connectivity index (χ2v) is 19.9. The van der Waals surface area contributed by atoms with E-state index in [-0.39, 0.29) is 31.1 Å². The van der Waals surface area contributed by atoms with E-state index in [9.17, 15) is 14.4 Å². The van der Waals surface area contributed by atoms with Gasteiger partial charge < -0.3 is 14.2 Å². The fraction of sp³-hybridized carbons (Fsp3) is 0.823. The second-order valence-electron chi connectivity index (χ2n) is 19.9. The first-order chi connectivity index (χ1) is 33.5. The van der Waals surface area contributed by atoms with E-state index < -0.39 is 6.10 Å². The summed E-state index contributed by atoms with van der Waals surface area (Å²) >= 11 is 0. The number of hydrogen-bond acceptors (Lipinski definition) is 6. The third-order valence-corrected chi connectivity index (χ3v) is 13.1. The van der Waals surface area contributed by atoms with Crippen molar-refractivity contribution in [1.82, 2.24) is 0 Å². The number of unbranched alkanes of at least 4 members (excludes halogenated alkanes) is 35. The summed E-state index contributed by atoms with van der Waals surface area (Å²) in [4.78, 5) is 38.2. The number of allylic oxidation sites excluding steroid dienone is 8. The first-order valence-electron chi connectivity index (χ1n) is 29.6.